The topological polar surface area (TPSA) is 91.7 Å². The Bertz CT molecular complexity index is 1880. The van der Waals surface area contributed by atoms with Crippen LogP contribution in [-0.4, -0.2) is 72.6 Å². The minimum atomic E-state index is -3.80. The van der Waals surface area contributed by atoms with Crippen molar-refractivity contribution in [3.63, 3.8) is 0 Å². The number of halogens is 1. The molecule has 1 N–H and O–H groups in total. The van der Waals surface area contributed by atoms with Gasteiger partial charge < -0.3 is 14.4 Å². The molecular formula is C37H45FN4O4S. The van der Waals surface area contributed by atoms with Gasteiger partial charge in [-0.3, -0.25) is 9.59 Å². The Hall–Kier alpha value is -3.24. The molecule has 2 unspecified atom stereocenters. The summed E-state index contributed by atoms with van der Waals surface area (Å²) in [5, 5.41) is 1.03. The van der Waals surface area contributed by atoms with Crippen molar-refractivity contribution < 1.29 is 22.4 Å². The highest BCUT2D eigenvalue weighted by atomic mass is 32.2. The number of carbonyl (C=O) groups excluding carboxylic acids is 2. The fourth-order valence-electron chi connectivity index (χ4n) is 9.67. The van der Waals surface area contributed by atoms with E-state index in [-0.39, 0.29) is 47.0 Å². The van der Waals surface area contributed by atoms with Crippen LogP contribution >= 0.6 is 0 Å². The molecule has 2 aliphatic carbocycles. The summed E-state index contributed by atoms with van der Waals surface area (Å²) in [5.41, 5.74) is 4.56. The first kappa shape index (κ1) is 31.1. The quantitative estimate of drug-likeness (QED) is 0.350. The van der Waals surface area contributed by atoms with Crippen molar-refractivity contribution in [1.29, 1.82) is 0 Å². The number of sulfonamides is 1. The first-order valence-electron chi connectivity index (χ1n) is 17.5. The lowest BCUT2D eigenvalue weighted by Crippen LogP contribution is -2.57. The number of nitrogens with zero attached hydrogens (tertiary/aromatic N) is 3. The predicted molar refractivity (Wildman–Crippen MR) is 180 cm³/mol. The fraction of sp³-hybridized carbons (Fsp3) is 0.568. The second kappa shape index (κ2) is 11.2. The van der Waals surface area contributed by atoms with Gasteiger partial charge in [-0.05, 0) is 92.4 Å². The van der Waals surface area contributed by atoms with Gasteiger partial charge in [0.1, 0.15) is 5.82 Å². The maximum absolute atomic E-state index is 15.1. The van der Waals surface area contributed by atoms with Gasteiger partial charge in [0.15, 0.2) is 0 Å². The van der Waals surface area contributed by atoms with Gasteiger partial charge in [-0.25, -0.2) is 17.5 Å². The summed E-state index contributed by atoms with van der Waals surface area (Å²) >= 11 is 0. The van der Waals surface area contributed by atoms with Crippen molar-refractivity contribution in [2.24, 2.45) is 11.3 Å². The second-order valence-corrected chi connectivity index (χ2v) is 17.3. The summed E-state index contributed by atoms with van der Waals surface area (Å²) in [4.78, 5) is 32.8. The average molecular weight is 661 g/mol. The van der Waals surface area contributed by atoms with Crippen LogP contribution in [0.3, 0.4) is 0 Å². The number of piperazine rings is 1. The second-order valence-electron chi connectivity index (χ2n) is 15.5. The number of carbonyl (C=O) groups is 2. The summed E-state index contributed by atoms with van der Waals surface area (Å²) in [6.45, 7) is 5.80. The molecule has 5 aliphatic rings. The van der Waals surface area contributed by atoms with E-state index in [9.17, 15) is 18.0 Å². The van der Waals surface area contributed by atoms with Crippen LogP contribution in [0, 0.1) is 17.2 Å². The van der Waals surface area contributed by atoms with Crippen LogP contribution < -0.4 is 4.72 Å². The van der Waals surface area contributed by atoms with Crippen LogP contribution in [0.2, 0.25) is 0 Å². The van der Waals surface area contributed by atoms with E-state index < -0.39 is 21.3 Å². The maximum Gasteiger partial charge on any atom is 0.264 e. The predicted octanol–water partition coefficient (Wildman–Crippen LogP) is 6.00. The fourth-order valence-corrected chi connectivity index (χ4v) is 11.0. The molecule has 3 aromatic rings. The number of rotatable bonds is 6. The van der Waals surface area contributed by atoms with Gasteiger partial charge in [-0.1, -0.05) is 39.2 Å². The van der Waals surface area contributed by atoms with Crippen molar-refractivity contribution >= 4 is 32.7 Å². The van der Waals surface area contributed by atoms with E-state index in [0.717, 1.165) is 79.3 Å². The number of hydrogen-bond acceptors (Lipinski definition) is 5. The molecule has 10 heteroatoms. The average Bonchev–Trinajstić information content (AvgIpc) is 3.60. The van der Waals surface area contributed by atoms with E-state index in [0.29, 0.717) is 18.9 Å². The number of likely N-dealkylation sites (tertiary alicyclic amines) is 1. The first-order chi connectivity index (χ1) is 22.5. The third-order valence-corrected chi connectivity index (χ3v) is 13.3. The molecule has 3 aliphatic heterocycles. The molecular weight excluding hydrogens is 615 g/mol. The van der Waals surface area contributed by atoms with Gasteiger partial charge >= 0.3 is 0 Å². The highest BCUT2D eigenvalue weighted by Crippen LogP contribution is 2.66. The van der Waals surface area contributed by atoms with Crippen LogP contribution in [0.4, 0.5) is 4.39 Å². The first-order valence-corrected chi connectivity index (χ1v) is 19.1. The number of amides is 2. The van der Waals surface area contributed by atoms with E-state index in [1.54, 1.807) is 26.0 Å². The number of fused-ring (bicyclic) bond motifs is 9. The normalized spacial score (nSPS) is 27.3. The highest BCUT2D eigenvalue weighted by molar-refractivity contribution is 7.90. The molecule has 2 bridgehead atoms. The van der Waals surface area contributed by atoms with Crippen LogP contribution in [0.25, 0.3) is 22.2 Å². The van der Waals surface area contributed by atoms with Gasteiger partial charge in [-0.2, -0.15) is 0 Å². The summed E-state index contributed by atoms with van der Waals surface area (Å²) in [6, 6.07) is 11.0. The third-order valence-electron chi connectivity index (χ3n) is 11.7. The van der Waals surface area contributed by atoms with Crippen LogP contribution in [-0.2, 0) is 21.4 Å². The largest absolute Gasteiger partial charge is 0.339 e. The Morgan fingerprint density at radius 3 is 2.43 bits per heavy atom. The van der Waals surface area contributed by atoms with Crippen molar-refractivity contribution in [3.05, 3.63) is 58.9 Å². The Morgan fingerprint density at radius 2 is 1.72 bits per heavy atom. The molecule has 8 nitrogen and oxygen atoms in total. The molecule has 0 radical (unpaired) electrons. The molecule has 2 aromatic carbocycles. The number of hydrogen-bond donors (Lipinski definition) is 1. The Kier molecular flexibility index (Phi) is 7.37. The maximum atomic E-state index is 15.1. The van der Waals surface area contributed by atoms with E-state index in [2.05, 4.69) is 26.1 Å². The van der Waals surface area contributed by atoms with Crippen molar-refractivity contribution in [2.75, 3.05) is 25.9 Å². The molecule has 8 rings (SSSR count). The zero-order chi connectivity index (χ0) is 32.8. The van der Waals surface area contributed by atoms with Gasteiger partial charge in [0.25, 0.3) is 5.91 Å². The Labute approximate surface area is 276 Å². The van der Waals surface area contributed by atoms with E-state index in [4.69, 9.17) is 0 Å². The number of likely N-dealkylation sites (N-methyl/N-ethyl adjacent to an activating group) is 1. The minimum Gasteiger partial charge on any atom is -0.339 e. The standard InChI is InChI=1S/C37H45FN4O4S/c1-22(2)20-47(45,46)39-35(43)24-9-13-29-32(15-24)41-21-37(36(44)42-26-11-12-27(42)19-40(3)18-26)17-31(37)30-16-25(38)10-14-28(30)34(41)33(29)23-7-5-4-6-8-23/h9-10,13-16,22-23,26-27,31H,4-8,11-12,17-21H2,1-3H3,(H,39,43)/t26?,27?,31-,37-/m0/s1. The van der Waals surface area contributed by atoms with E-state index in [1.165, 1.54) is 18.1 Å². The third kappa shape index (κ3) is 5.12. The molecule has 2 amide bonds. The molecule has 4 fully saturated rings. The molecule has 47 heavy (non-hydrogen) atoms. The monoisotopic (exact) mass is 660 g/mol. The number of aromatic nitrogens is 1. The zero-order valence-corrected chi connectivity index (χ0v) is 28.4. The molecule has 4 atom stereocenters. The number of nitrogens with one attached hydrogen (secondary N) is 1. The smallest absolute Gasteiger partial charge is 0.264 e. The van der Waals surface area contributed by atoms with E-state index >= 15 is 4.39 Å². The van der Waals surface area contributed by atoms with Crippen molar-refractivity contribution in [1.82, 2.24) is 19.1 Å². The summed E-state index contributed by atoms with van der Waals surface area (Å²) in [6.07, 6.45) is 8.26. The molecule has 2 saturated heterocycles. The molecule has 0 spiro atoms. The van der Waals surface area contributed by atoms with E-state index in [1.807, 2.05) is 18.2 Å². The lowest BCUT2D eigenvalue weighted by atomic mass is 9.81. The summed E-state index contributed by atoms with van der Waals surface area (Å²) in [5.74, 6) is -0.794. The van der Waals surface area contributed by atoms with Crippen molar-refractivity contribution in [2.45, 2.75) is 95.7 Å². The summed E-state index contributed by atoms with van der Waals surface area (Å²) in [7, 11) is -1.67. The lowest BCUT2D eigenvalue weighted by molar-refractivity contribution is -0.143. The number of benzene rings is 2. The zero-order valence-electron chi connectivity index (χ0n) is 27.6. The minimum absolute atomic E-state index is 0.0819. The molecule has 250 valence electrons. The van der Waals surface area contributed by atoms with Gasteiger partial charge in [0, 0.05) is 59.7 Å². The van der Waals surface area contributed by atoms with Gasteiger partial charge in [-0.15, -0.1) is 0 Å². The van der Waals surface area contributed by atoms with Crippen LogP contribution in [0.15, 0.2) is 36.4 Å². The highest BCUT2D eigenvalue weighted by Gasteiger charge is 2.65. The Morgan fingerprint density at radius 1 is 1.00 bits per heavy atom. The van der Waals surface area contributed by atoms with Crippen LogP contribution in [0.5, 0.6) is 0 Å². The van der Waals surface area contributed by atoms with Crippen molar-refractivity contribution in [3.8, 4) is 11.3 Å². The summed E-state index contributed by atoms with van der Waals surface area (Å²) < 4.78 is 45.0. The molecule has 2 saturated carbocycles. The molecule has 1 aromatic heterocycles. The van der Waals surface area contributed by atoms with Gasteiger partial charge in [0.2, 0.25) is 15.9 Å². The SMILES string of the molecule is CC(C)CS(=O)(=O)NC(=O)c1ccc2c(C3CCCCC3)c3n(c2c1)C[C@@]1(C(=O)N2C4CCC2CN(C)C4)C[C@H]1c1cc(F)ccc1-3. The van der Waals surface area contributed by atoms with Crippen LogP contribution in [0.1, 0.15) is 98.5 Å². The van der Waals surface area contributed by atoms with Gasteiger partial charge in [0.05, 0.1) is 16.9 Å². The lowest BCUT2D eigenvalue weighted by Gasteiger charge is -2.41. The molecule has 4 heterocycles. The Balaban J connectivity index is 1.30.